The molecule has 7 nitrogen and oxygen atoms in total. The zero-order valence-corrected chi connectivity index (χ0v) is 11.4. The highest BCUT2D eigenvalue weighted by molar-refractivity contribution is 5.94. The summed E-state index contributed by atoms with van der Waals surface area (Å²) in [6.07, 6.45) is 0.180. The van der Waals surface area contributed by atoms with Crippen molar-refractivity contribution in [2.24, 2.45) is 5.73 Å². The van der Waals surface area contributed by atoms with Gasteiger partial charge < -0.3 is 21.1 Å². The van der Waals surface area contributed by atoms with E-state index < -0.39 is 24.0 Å². The number of carbonyl (C=O) groups excluding carboxylic acids is 2. The molecule has 0 bridgehead atoms. The summed E-state index contributed by atoms with van der Waals surface area (Å²) in [5, 5.41) is 11.9. The predicted molar refractivity (Wildman–Crippen MR) is 74.5 cm³/mol. The van der Waals surface area contributed by atoms with Crippen molar-refractivity contribution in [2.45, 2.75) is 18.5 Å². The zero-order chi connectivity index (χ0) is 15.4. The topological polar surface area (TPSA) is 113 Å². The molecule has 1 aromatic rings. The molecule has 7 heteroatoms. The Morgan fingerprint density at radius 3 is 2.52 bits per heavy atom. The van der Waals surface area contributed by atoms with Crippen LogP contribution in [0.15, 0.2) is 30.3 Å². The molecule has 0 spiro atoms. The van der Waals surface area contributed by atoms with Gasteiger partial charge in [0.1, 0.15) is 6.04 Å². The highest BCUT2D eigenvalue weighted by Crippen LogP contribution is 2.18. The van der Waals surface area contributed by atoms with E-state index in [0.29, 0.717) is 5.56 Å². The fourth-order valence-electron chi connectivity index (χ4n) is 2.43. The van der Waals surface area contributed by atoms with Gasteiger partial charge in [0.25, 0.3) is 5.91 Å². The molecule has 1 heterocycles. The highest BCUT2D eigenvalue weighted by atomic mass is 16.4. The maximum Gasteiger partial charge on any atom is 0.326 e. The molecular weight excluding hydrogens is 274 g/mol. The Morgan fingerprint density at radius 1 is 1.29 bits per heavy atom. The van der Waals surface area contributed by atoms with E-state index in [4.69, 9.17) is 10.8 Å². The number of hydrogen-bond acceptors (Lipinski definition) is 4. The largest absolute Gasteiger partial charge is 0.480 e. The highest BCUT2D eigenvalue weighted by Gasteiger charge is 2.39. The second-order valence-electron chi connectivity index (χ2n) is 4.88. The molecule has 0 aliphatic carbocycles. The van der Waals surface area contributed by atoms with Crippen LogP contribution in [0.1, 0.15) is 16.8 Å². The van der Waals surface area contributed by atoms with Crippen LogP contribution in [-0.2, 0) is 9.59 Å². The summed E-state index contributed by atoms with van der Waals surface area (Å²) in [5.74, 6) is -1.81. The molecule has 1 saturated heterocycles. The standard InChI is InChI=1S/C14H17N3O4/c15-7-12(18)17-8-10(6-11(17)14(20)21)16-13(19)9-4-2-1-3-5-9/h1-5,10-11H,6-8,15H2,(H,16,19)(H,20,21)/t10?,11-/m1/s1. The fourth-order valence-corrected chi connectivity index (χ4v) is 2.43. The average Bonchev–Trinajstić information content (AvgIpc) is 2.91. The van der Waals surface area contributed by atoms with Gasteiger partial charge in [-0.25, -0.2) is 4.79 Å². The van der Waals surface area contributed by atoms with Crippen molar-refractivity contribution in [1.29, 1.82) is 0 Å². The van der Waals surface area contributed by atoms with E-state index in [1.54, 1.807) is 30.3 Å². The first-order valence-electron chi connectivity index (χ1n) is 6.61. The minimum atomic E-state index is -1.09. The maximum atomic E-state index is 12.0. The molecule has 0 radical (unpaired) electrons. The second-order valence-corrected chi connectivity index (χ2v) is 4.88. The van der Waals surface area contributed by atoms with E-state index in [0.717, 1.165) is 0 Å². The summed E-state index contributed by atoms with van der Waals surface area (Å²) in [6, 6.07) is 7.29. The van der Waals surface area contributed by atoms with Gasteiger partial charge in [0, 0.05) is 24.6 Å². The lowest BCUT2D eigenvalue weighted by molar-refractivity contribution is -0.147. The van der Waals surface area contributed by atoms with Crippen LogP contribution in [0.4, 0.5) is 0 Å². The smallest absolute Gasteiger partial charge is 0.326 e. The maximum absolute atomic E-state index is 12.0. The number of carbonyl (C=O) groups is 3. The van der Waals surface area contributed by atoms with Crippen molar-refractivity contribution >= 4 is 17.8 Å². The lowest BCUT2D eigenvalue weighted by Crippen LogP contribution is -2.44. The Balaban J connectivity index is 2.04. The number of nitrogens with zero attached hydrogens (tertiary/aromatic N) is 1. The lowest BCUT2D eigenvalue weighted by Gasteiger charge is -2.20. The van der Waals surface area contributed by atoms with Crippen molar-refractivity contribution in [3.8, 4) is 0 Å². The van der Waals surface area contributed by atoms with Gasteiger partial charge in [-0.3, -0.25) is 9.59 Å². The average molecular weight is 291 g/mol. The van der Waals surface area contributed by atoms with E-state index in [1.807, 2.05) is 0 Å². The number of nitrogens with one attached hydrogen (secondary N) is 1. The first kappa shape index (κ1) is 15.0. The zero-order valence-electron chi connectivity index (χ0n) is 11.4. The number of likely N-dealkylation sites (tertiary alicyclic amines) is 1. The fraction of sp³-hybridized carbons (Fsp3) is 0.357. The number of nitrogens with two attached hydrogens (primary N) is 1. The van der Waals surface area contributed by atoms with Gasteiger partial charge in [0.2, 0.25) is 5.91 Å². The van der Waals surface area contributed by atoms with Crippen LogP contribution in [0.5, 0.6) is 0 Å². The Hall–Kier alpha value is -2.41. The van der Waals surface area contributed by atoms with Gasteiger partial charge >= 0.3 is 5.97 Å². The molecule has 1 fully saturated rings. The van der Waals surface area contributed by atoms with E-state index in [-0.39, 0.29) is 25.4 Å². The van der Waals surface area contributed by atoms with E-state index in [9.17, 15) is 14.4 Å². The van der Waals surface area contributed by atoms with E-state index >= 15 is 0 Å². The molecule has 2 atom stereocenters. The second kappa shape index (κ2) is 6.36. The molecule has 1 aliphatic heterocycles. The number of rotatable bonds is 4. The molecule has 4 N–H and O–H groups in total. The Labute approximate surface area is 121 Å². The van der Waals surface area contributed by atoms with Crippen LogP contribution in [0.2, 0.25) is 0 Å². The number of amides is 2. The van der Waals surface area contributed by atoms with E-state index in [2.05, 4.69) is 5.32 Å². The third-order valence-corrected chi connectivity index (χ3v) is 3.45. The Morgan fingerprint density at radius 2 is 1.95 bits per heavy atom. The molecule has 1 aliphatic rings. The first-order valence-corrected chi connectivity index (χ1v) is 6.61. The molecule has 2 rings (SSSR count). The Kier molecular flexibility index (Phi) is 4.54. The number of hydrogen-bond donors (Lipinski definition) is 3. The summed E-state index contributed by atoms with van der Waals surface area (Å²) in [4.78, 5) is 36.1. The predicted octanol–water partition coefficient (Wildman–Crippen LogP) is -0.571. The van der Waals surface area contributed by atoms with Crippen LogP contribution in [0, 0.1) is 0 Å². The number of carboxylic acids is 1. The van der Waals surface area contributed by atoms with Gasteiger partial charge in [-0.1, -0.05) is 18.2 Å². The molecule has 2 amide bonds. The third kappa shape index (κ3) is 3.38. The summed E-state index contributed by atoms with van der Waals surface area (Å²) >= 11 is 0. The van der Waals surface area contributed by atoms with Crippen LogP contribution in [0.3, 0.4) is 0 Å². The molecule has 1 unspecified atom stereocenters. The van der Waals surface area contributed by atoms with Crippen molar-refractivity contribution in [1.82, 2.24) is 10.2 Å². The quantitative estimate of drug-likeness (QED) is 0.687. The molecular formula is C14H17N3O4. The summed E-state index contributed by atoms with van der Waals surface area (Å²) in [5.41, 5.74) is 5.77. The van der Waals surface area contributed by atoms with Gasteiger partial charge in [-0.15, -0.1) is 0 Å². The molecule has 0 saturated carbocycles. The van der Waals surface area contributed by atoms with E-state index in [1.165, 1.54) is 4.90 Å². The minimum Gasteiger partial charge on any atom is -0.480 e. The number of carboxylic acid groups (broad SMARTS) is 1. The van der Waals surface area contributed by atoms with Gasteiger partial charge in [0.05, 0.1) is 6.54 Å². The van der Waals surface area contributed by atoms with Crippen LogP contribution in [-0.4, -0.2) is 53.0 Å². The molecule has 1 aromatic carbocycles. The van der Waals surface area contributed by atoms with Gasteiger partial charge in [0.15, 0.2) is 0 Å². The molecule has 112 valence electrons. The van der Waals surface area contributed by atoms with Crippen molar-refractivity contribution < 1.29 is 19.5 Å². The van der Waals surface area contributed by atoms with Crippen LogP contribution >= 0.6 is 0 Å². The SMILES string of the molecule is NCC(=O)N1CC(NC(=O)c2ccccc2)C[C@@H]1C(=O)O. The minimum absolute atomic E-state index is 0.158. The third-order valence-electron chi connectivity index (χ3n) is 3.45. The van der Waals surface area contributed by atoms with Crippen LogP contribution < -0.4 is 11.1 Å². The Bertz CT molecular complexity index is 546. The number of benzene rings is 1. The van der Waals surface area contributed by atoms with Crippen LogP contribution in [0.25, 0.3) is 0 Å². The van der Waals surface area contributed by atoms with Crippen molar-refractivity contribution in [2.75, 3.05) is 13.1 Å². The van der Waals surface area contributed by atoms with Crippen molar-refractivity contribution in [3.63, 3.8) is 0 Å². The van der Waals surface area contributed by atoms with Gasteiger partial charge in [-0.05, 0) is 12.1 Å². The van der Waals surface area contributed by atoms with Crippen molar-refractivity contribution in [3.05, 3.63) is 35.9 Å². The normalized spacial score (nSPS) is 21.1. The number of aliphatic carboxylic acids is 1. The van der Waals surface area contributed by atoms with Gasteiger partial charge in [-0.2, -0.15) is 0 Å². The molecule has 21 heavy (non-hydrogen) atoms. The monoisotopic (exact) mass is 291 g/mol. The first-order chi connectivity index (χ1) is 10.0. The lowest BCUT2D eigenvalue weighted by atomic mass is 10.1. The summed E-state index contributed by atoms with van der Waals surface area (Å²) in [7, 11) is 0. The summed E-state index contributed by atoms with van der Waals surface area (Å²) < 4.78 is 0. The molecule has 0 aromatic heterocycles. The summed E-state index contributed by atoms with van der Waals surface area (Å²) in [6.45, 7) is -0.0886.